The summed E-state index contributed by atoms with van der Waals surface area (Å²) in [5.41, 5.74) is 8.35. The Balaban J connectivity index is 1.92. The van der Waals surface area contributed by atoms with E-state index in [1.165, 1.54) is 0 Å². The Morgan fingerprint density at radius 2 is 2.10 bits per heavy atom. The predicted octanol–water partition coefficient (Wildman–Crippen LogP) is 1.35. The molecular formula is C15H20N2O3S. The van der Waals surface area contributed by atoms with E-state index >= 15 is 0 Å². The highest BCUT2D eigenvalue weighted by Gasteiger charge is 2.39. The first-order chi connectivity index (χ1) is 9.71. The van der Waals surface area contributed by atoms with Gasteiger partial charge >= 0.3 is 0 Å². The number of fused-ring (bicyclic) bond motifs is 1. The summed E-state index contributed by atoms with van der Waals surface area (Å²) in [6.45, 7) is 3.76. The Labute approximate surface area is 124 Å². The van der Waals surface area contributed by atoms with Crippen LogP contribution in [0.2, 0.25) is 0 Å². The summed E-state index contributed by atoms with van der Waals surface area (Å²) < 4.78 is 23.2. The minimum Gasteiger partial charge on any atom is -0.325 e. The van der Waals surface area contributed by atoms with Crippen molar-refractivity contribution in [1.82, 2.24) is 0 Å². The van der Waals surface area contributed by atoms with Crippen molar-refractivity contribution in [2.75, 3.05) is 16.8 Å². The third-order valence-corrected chi connectivity index (χ3v) is 6.49. The van der Waals surface area contributed by atoms with E-state index in [0.717, 1.165) is 16.8 Å². The van der Waals surface area contributed by atoms with Crippen LogP contribution >= 0.6 is 0 Å². The fourth-order valence-corrected chi connectivity index (χ4v) is 5.03. The Morgan fingerprint density at radius 1 is 1.38 bits per heavy atom. The molecule has 5 nitrogen and oxygen atoms in total. The number of sulfone groups is 1. The van der Waals surface area contributed by atoms with Crippen LogP contribution in [0.3, 0.4) is 0 Å². The number of benzene rings is 1. The van der Waals surface area contributed by atoms with Crippen molar-refractivity contribution in [3.8, 4) is 0 Å². The molecule has 1 amide bonds. The molecule has 2 heterocycles. The Bertz CT molecular complexity index is 710. The van der Waals surface area contributed by atoms with Gasteiger partial charge in [0.2, 0.25) is 5.91 Å². The van der Waals surface area contributed by atoms with Crippen molar-refractivity contribution in [2.45, 2.75) is 31.7 Å². The number of carbonyl (C=O) groups is 1. The number of amides is 1. The average molecular weight is 308 g/mol. The first-order valence-corrected chi connectivity index (χ1v) is 8.95. The van der Waals surface area contributed by atoms with E-state index < -0.39 is 15.3 Å². The van der Waals surface area contributed by atoms with Crippen molar-refractivity contribution < 1.29 is 13.2 Å². The monoisotopic (exact) mass is 308 g/mol. The third kappa shape index (κ3) is 2.36. The third-order valence-electron chi connectivity index (χ3n) is 4.69. The highest BCUT2D eigenvalue weighted by atomic mass is 32.2. The predicted molar refractivity (Wildman–Crippen MR) is 81.8 cm³/mol. The summed E-state index contributed by atoms with van der Waals surface area (Å²) in [5.74, 6) is 0.320. The van der Waals surface area contributed by atoms with Gasteiger partial charge < -0.3 is 11.1 Å². The number of nitrogens with one attached hydrogen (secondary N) is 1. The molecule has 3 rings (SSSR count). The van der Waals surface area contributed by atoms with Gasteiger partial charge in [-0.1, -0.05) is 12.1 Å². The molecule has 114 valence electrons. The lowest BCUT2D eigenvalue weighted by Gasteiger charge is -2.21. The van der Waals surface area contributed by atoms with Gasteiger partial charge in [-0.05, 0) is 43.4 Å². The van der Waals surface area contributed by atoms with Crippen LogP contribution < -0.4 is 11.1 Å². The van der Waals surface area contributed by atoms with Gasteiger partial charge in [0.25, 0.3) is 0 Å². The SMILES string of the molecule is CC1(C)C(=O)Nc2ccc(C(N)C3CCS(=O)(=O)C3)cc21. The second-order valence-corrected chi connectivity index (χ2v) is 8.80. The van der Waals surface area contributed by atoms with Crippen LogP contribution in [0, 0.1) is 5.92 Å². The summed E-state index contributed by atoms with van der Waals surface area (Å²) in [7, 11) is -2.94. The second kappa shape index (κ2) is 4.55. The van der Waals surface area contributed by atoms with E-state index in [2.05, 4.69) is 5.32 Å². The quantitative estimate of drug-likeness (QED) is 0.863. The summed E-state index contributed by atoms with van der Waals surface area (Å²) in [6.07, 6.45) is 0.612. The molecular weight excluding hydrogens is 288 g/mol. The van der Waals surface area contributed by atoms with Crippen LogP contribution in [0.25, 0.3) is 0 Å². The Kier molecular flexibility index (Phi) is 3.15. The molecule has 1 aromatic carbocycles. The van der Waals surface area contributed by atoms with Crippen LogP contribution in [-0.4, -0.2) is 25.8 Å². The van der Waals surface area contributed by atoms with E-state index in [1.807, 2.05) is 32.0 Å². The summed E-state index contributed by atoms with van der Waals surface area (Å²) in [5, 5.41) is 2.86. The molecule has 0 saturated carbocycles. The molecule has 0 spiro atoms. The van der Waals surface area contributed by atoms with Crippen molar-refractivity contribution in [3.05, 3.63) is 29.3 Å². The summed E-state index contributed by atoms with van der Waals surface area (Å²) >= 11 is 0. The van der Waals surface area contributed by atoms with Crippen molar-refractivity contribution >= 4 is 21.4 Å². The van der Waals surface area contributed by atoms with Crippen LogP contribution in [0.4, 0.5) is 5.69 Å². The molecule has 1 fully saturated rings. The zero-order valence-electron chi connectivity index (χ0n) is 12.2. The molecule has 6 heteroatoms. The topological polar surface area (TPSA) is 89.3 Å². The molecule has 2 aliphatic heterocycles. The van der Waals surface area contributed by atoms with E-state index in [1.54, 1.807) is 0 Å². The van der Waals surface area contributed by atoms with Crippen molar-refractivity contribution in [1.29, 1.82) is 0 Å². The van der Waals surface area contributed by atoms with Crippen LogP contribution in [-0.2, 0) is 20.0 Å². The maximum absolute atomic E-state index is 12.0. The molecule has 0 aliphatic carbocycles. The molecule has 2 atom stereocenters. The molecule has 0 bridgehead atoms. The maximum Gasteiger partial charge on any atom is 0.234 e. The largest absolute Gasteiger partial charge is 0.325 e. The van der Waals surface area contributed by atoms with Gasteiger partial charge in [-0.3, -0.25) is 4.79 Å². The van der Waals surface area contributed by atoms with Gasteiger partial charge in [-0.2, -0.15) is 0 Å². The molecule has 3 N–H and O–H groups in total. The molecule has 2 aliphatic rings. The zero-order chi connectivity index (χ0) is 15.4. The van der Waals surface area contributed by atoms with Gasteiger partial charge in [0.1, 0.15) is 0 Å². The maximum atomic E-state index is 12.0. The number of hydrogen-bond acceptors (Lipinski definition) is 4. The highest BCUT2D eigenvalue weighted by Crippen LogP contribution is 2.39. The lowest BCUT2D eigenvalue weighted by molar-refractivity contribution is -0.119. The van der Waals surface area contributed by atoms with Crippen molar-refractivity contribution in [2.24, 2.45) is 11.7 Å². The van der Waals surface area contributed by atoms with E-state index in [4.69, 9.17) is 5.73 Å². The minimum absolute atomic E-state index is 0.0216. The molecule has 1 aromatic rings. The fraction of sp³-hybridized carbons (Fsp3) is 0.533. The summed E-state index contributed by atoms with van der Waals surface area (Å²) in [4.78, 5) is 12.0. The van der Waals surface area contributed by atoms with Gasteiger partial charge in [0.15, 0.2) is 9.84 Å². The molecule has 0 aromatic heterocycles. The number of rotatable bonds is 2. The highest BCUT2D eigenvalue weighted by molar-refractivity contribution is 7.91. The average Bonchev–Trinajstić information content (AvgIpc) is 2.87. The van der Waals surface area contributed by atoms with Gasteiger partial charge in [-0.15, -0.1) is 0 Å². The van der Waals surface area contributed by atoms with Gasteiger partial charge in [0, 0.05) is 11.7 Å². The molecule has 1 saturated heterocycles. The van der Waals surface area contributed by atoms with E-state index in [0.29, 0.717) is 6.42 Å². The first kappa shape index (κ1) is 14.5. The lowest BCUT2D eigenvalue weighted by atomic mass is 9.83. The fourth-order valence-electron chi connectivity index (χ4n) is 3.18. The Morgan fingerprint density at radius 3 is 2.71 bits per heavy atom. The smallest absolute Gasteiger partial charge is 0.234 e. The van der Waals surface area contributed by atoms with E-state index in [9.17, 15) is 13.2 Å². The standard InChI is InChI=1S/C15H20N2O3S/c1-15(2)11-7-9(3-4-12(11)17-14(15)18)13(16)10-5-6-21(19,20)8-10/h3-4,7,10,13H,5-6,8,16H2,1-2H3,(H,17,18). The number of carbonyl (C=O) groups excluding carboxylic acids is 1. The first-order valence-electron chi connectivity index (χ1n) is 7.12. The molecule has 2 unspecified atom stereocenters. The molecule has 0 radical (unpaired) electrons. The summed E-state index contributed by atoms with van der Waals surface area (Å²) in [6, 6.07) is 5.39. The number of anilines is 1. The van der Waals surface area contributed by atoms with Crippen LogP contribution in [0.1, 0.15) is 37.4 Å². The van der Waals surface area contributed by atoms with Crippen LogP contribution in [0.5, 0.6) is 0 Å². The normalized spacial score (nSPS) is 27.2. The molecule has 21 heavy (non-hydrogen) atoms. The Hall–Kier alpha value is -1.40. The second-order valence-electron chi connectivity index (χ2n) is 6.57. The number of nitrogens with two attached hydrogens (primary N) is 1. The van der Waals surface area contributed by atoms with E-state index in [-0.39, 0.29) is 29.4 Å². The van der Waals surface area contributed by atoms with Gasteiger partial charge in [-0.25, -0.2) is 8.42 Å². The number of hydrogen-bond donors (Lipinski definition) is 2. The van der Waals surface area contributed by atoms with Crippen LogP contribution in [0.15, 0.2) is 18.2 Å². The van der Waals surface area contributed by atoms with Gasteiger partial charge in [0.05, 0.1) is 16.9 Å². The van der Waals surface area contributed by atoms with Crippen molar-refractivity contribution in [3.63, 3.8) is 0 Å². The minimum atomic E-state index is -2.94. The lowest BCUT2D eigenvalue weighted by Crippen LogP contribution is -2.27. The zero-order valence-corrected chi connectivity index (χ0v) is 13.0.